The number of fused-ring (bicyclic) bond motifs is 3. The van der Waals surface area contributed by atoms with E-state index in [9.17, 15) is 19.2 Å². The van der Waals surface area contributed by atoms with E-state index in [0.29, 0.717) is 5.56 Å². The van der Waals surface area contributed by atoms with Gasteiger partial charge < -0.3 is 10.6 Å². The summed E-state index contributed by atoms with van der Waals surface area (Å²) in [6.45, 7) is 12.7. The Kier molecular flexibility index (Phi) is 6.49. The number of carbonyl (C=O) groups is 2. The van der Waals surface area contributed by atoms with Crippen LogP contribution >= 0.6 is 0 Å². The average Bonchev–Trinajstić information content (AvgIpc) is 3.01. The molecule has 0 fully saturated rings. The van der Waals surface area contributed by atoms with Gasteiger partial charge in [0.2, 0.25) is 11.7 Å². The highest BCUT2D eigenvalue weighted by Crippen LogP contribution is 2.17. The average molecular weight is 457 g/mol. The SMILES string of the molecule is CCC(C)NC(=O)c1ccc2c(=O)n(C(C)C)c3nn(CC(=O)NC(C)(C)C)c(=O)n3c2c1. The van der Waals surface area contributed by atoms with E-state index in [0.717, 1.165) is 11.1 Å². The zero-order chi connectivity index (χ0) is 24.7. The molecule has 33 heavy (non-hydrogen) atoms. The van der Waals surface area contributed by atoms with Gasteiger partial charge in [-0.1, -0.05) is 6.92 Å². The first-order valence-corrected chi connectivity index (χ1v) is 11.1. The summed E-state index contributed by atoms with van der Waals surface area (Å²) in [5.41, 5.74) is -0.748. The highest BCUT2D eigenvalue weighted by molar-refractivity contribution is 5.98. The first-order chi connectivity index (χ1) is 15.3. The molecule has 0 aliphatic carbocycles. The monoisotopic (exact) mass is 456 g/mol. The second-order valence-corrected chi connectivity index (χ2v) is 9.66. The van der Waals surface area contributed by atoms with Crippen molar-refractivity contribution < 1.29 is 9.59 Å². The van der Waals surface area contributed by atoms with Crippen molar-refractivity contribution in [3.8, 4) is 0 Å². The van der Waals surface area contributed by atoms with Crippen LogP contribution in [0.3, 0.4) is 0 Å². The Hall–Kier alpha value is -3.43. The summed E-state index contributed by atoms with van der Waals surface area (Å²) in [6, 6.07) is 4.35. The van der Waals surface area contributed by atoms with Gasteiger partial charge >= 0.3 is 5.69 Å². The standard InChI is InChI=1S/C23H32N6O4/c1-8-14(4)24-19(31)15-9-10-16-17(11-15)29-21(28(13(2)3)20(16)32)26-27(22(29)33)12-18(30)25-23(5,6)7/h9-11,13-14H,8,12H2,1-7H3,(H,24,31)(H,25,30). The van der Waals surface area contributed by atoms with Gasteiger partial charge in [-0.3, -0.25) is 19.0 Å². The molecule has 0 bridgehead atoms. The predicted octanol–water partition coefficient (Wildman–Crippen LogP) is 1.83. The lowest BCUT2D eigenvalue weighted by molar-refractivity contribution is -0.123. The Morgan fingerprint density at radius 2 is 1.79 bits per heavy atom. The number of carbonyl (C=O) groups excluding carboxylic acids is 2. The number of hydrogen-bond donors (Lipinski definition) is 2. The van der Waals surface area contributed by atoms with Gasteiger partial charge in [-0.05, 0) is 66.2 Å². The molecule has 0 saturated carbocycles. The molecule has 1 aromatic carbocycles. The fourth-order valence-electron chi connectivity index (χ4n) is 3.59. The third-order valence-corrected chi connectivity index (χ3v) is 5.30. The lowest BCUT2D eigenvalue weighted by atomic mass is 10.1. The maximum Gasteiger partial charge on any atom is 0.352 e. The third kappa shape index (κ3) is 4.84. The van der Waals surface area contributed by atoms with Gasteiger partial charge in [0, 0.05) is 23.2 Å². The smallest absolute Gasteiger partial charge is 0.350 e. The molecule has 2 N–H and O–H groups in total. The first-order valence-electron chi connectivity index (χ1n) is 11.1. The first kappa shape index (κ1) is 24.2. The van der Waals surface area contributed by atoms with Crippen LogP contribution in [0, 0.1) is 0 Å². The Labute approximate surface area is 191 Å². The molecule has 2 amide bonds. The van der Waals surface area contributed by atoms with Crippen LogP contribution in [0.25, 0.3) is 16.7 Å². The molecular formula is C23H32N6O4. The van der Waals surface area contributed by atoms with Gasteiger partial charge in [-0.15, -0.1) is 5.10 Å². The highest BCUT2D eigenvalue weighted by atomic mass is 16.2. The summed E-state index contributed by atoms with van der Waals surface area (Å²) in [5, 5.41) is 10.3. The minimum absolute atomic E-state index is 0.0195. The number of amides is 2. The largest absolute Gasteiger partial charge is 0.352 e. The maximum absolute atomic E-state index is 13.3. The Morgan fingerprint density at radius 3 is 2.36 bits per heavy atom. The predicted molar refractivity (Wildman–Crippen MR) is 127 cm³/mol. The Morgan fingerprint density at radius 1 is 1.12 bits per heavy atom. The second kappa shape index (κ2) is 8.84. The van der Waals surface area contributed by atoms with Gasteiger partial charge in [0.1, 0.15) is 6.54 Å². The number of aromatic nitrogens is 4. The molecule has 10 heteroatoms. The van der Waals surface area contributed by atoms with Crippen molar-refractivity contribution >= 4 is 28.5 Å². The summed E-state index contributed by atoms with van der Waals surface area (Å²) in [6.07, 6.45) is 0.769. The number of nitrogens with zero attached hydrogens (tertiary/aromatic N) is 4. The zero-order valence-electron chi connectivity index (χ0n) is 20.2. The molecular weight excluding hydrogens is 424 g/mol. The van der Waals surface area contributed by atoms with Gasteiger partial charge in [0.15, 0.2) is 0 Å². The topological polar surface area (TPSA) is 120 Å². The number of nitrogens with one attached hydrogen (secondary N) is 2. The summed E-state index contributed by atoms with van der Waals surface area (Å²) < 4.78 is 3.75. The van der Waals surface area contributed by atoms with Crippen molar-refractivity contribution in [1.82, 2.24) is 29.4 Å². The van der Waals surface area contributed by atoms with E-state index in [4.69, 9.17) is 0 Å². The maximum atomic E-state index is 13.3. The molecule has 2 heterocycles. The molecule has 3 aromatic rings. The Bertz CT molecular complexity index is 1340. The van der Waals surface area contributed by atoms with E-state index in [1.165, 1.54) is 15.0 Å². The lowest BCUT2D eigenvalue weighted by Gasteiger charge is -2.20. The van der Waals surface area contributed by atoms with Gasteiger partial charge in [-0.25, -0.2) is 13.9 Å². The summed E-state index contributed by atoms with van der Waals surface area (Å²) >= 11 is 0. The molecule has 1 unspecified atom stereocenters. The molecule has 0 saturated heterocycles. The number of rotatable bonds is 6. The van der Waals surface area contributed by atoms with Gasteiger partial charge in [-0.2, -0.15) is 0 Å². The van der Waals surface area contributed by atoms with E-state index < -0.39 is 11.2 Å². The Balaban J connectivity index is 2.25. The quantitative estimate of drug-likeness (QED) is 0.587. The van der Waals surface area contributed by atoms with Gasteiger partial charge in [0.05, 0.1) is 10.9 Å². The number of hydrogen-bond acceptors (Lipinski definition) is 5. The fraction of sp³-hybridized carbons (Fsp3) is 0.522. The molecule has 178 valence electrons. The van der Waals surface area contributed by atoms with E-state index in [2.05, 4.69) is 15.7 Å². The molecule has 1 atom stereocenters. The zero-order valence-corrected chi connectivity index (χ0v) is 20.2. The van der Waals surface area contributed by atoms with Crippen molar-refractivity contribution in [2.45, 2.75) is 79.1 Å². The minimum Gasteiger partial charge on any atom is -0.350 e. The van der Waals surface area contributed by atoms with Crippen molar-refractivity contribution in [1.29, 1.82) is 0 Å². The molecule has 0 radical (unpaired) electrons. The van der Waals surface area contributed by atoms with Crippen LogP contribution in [0.2, 0.25) is 0 Å². The van der Waals surface area contributed by atoms with Crippen molar-refractivity contribution in [2.24, 2.45) is 0 Å². The second-order valence-electron chi connectivity index (χ2n) is 9.66. The molecule has 0 aliphatic heterocycles. The van der Waals surface area contributed by atoms with E-state index in [1.807, 2.05) is 48.5 Å². The summed E-state index contributed by atoms with van der Waals surface area (Å²) in [7, 11) is 0. The number of benzene rings is 1. The third-order valence-electron chi connectivity index (χ3n) is 5.30. The fourth-order valence-corrected chi connectivity index (χ4v) is 3.59. The van der Waals surface area contributed by atoms with E-state index >= 15 is 0 Å². The van der Waals surface area contributed by atoms with Crippen LogP contribution in [-0.4, -0.2) is 42.1 Å². The normalized spacial score (nSPS) is 13.0. The van der Waals surface area contributed by atoms with Crippen molar-refractivity contribution in [2.75, 3.05) is 0 Å². The summed E-state index contributed by atoms with van der Waals surface area (Å²) in [4.78, 5) is 51.6. The van der Waals surface area contributed by atoms with E-state index in [-0.39, 0.29) is 52.7 Å². The minimum atomic E-state index is -0.562. The van der Waals surface area contributed by atoms with Crippen LogP contribution in [0.15, 0.2) is 27.8 Å². The highest BCUT2D eigenvalue weighted by Gasteiger charge is 2.22. The summed E-state index contributed by atoms with van der Waals surface area (Å²) in [5.74, 6) is -0.544. The van der Waals surface area contributed by atoms with Crippen LogP contribution < -0.4 is 21.9 Å². The molecule has 10 nitrogen and oxygen atoms in total. The van der Waals surface area contributed by atoms with E-state index in [1.54, 1.807) is 12.1 Å². The van der Waals surface area contributed by atoms with Crippen LogP contribution in [0.4, 0.5) is 0 Å². The van der Waals surface area contributed by atoms with Crippen LogP contribution in [0.1, 0.15) is 71.3 Å². The van der Waals surface area contributed by atoms with Crippen LogP contribution in [-0.2, 0) is 11.3 Å². The van der Waals surface area contributed by atoms with Gasteiger partial charge in [0.25, 0.3) is 11.5 Å². The molecule has 0 spiro atoms. The van der Waals surface area contributed by atoms with Crippen molar-refractivity contribution in [3.05, 3.63) is 44.6 Å². The lowest BCUT2D eigenvalue weighted by Crippen LogP contribution is -2.43. The molecule has 0 aliphatic rings. The van der Waals surface area contributed by atoms with Crippen LogP contribution in [0.5, 0.6) is 0 Å². The van der Waals surface area contributed by atoms with Crippen molar-refractivity contribution in [3.63, 3.8) is 0 Å². The molecule has 3 rings (SSSR count). The molecule has 2 aromatic heterocycles.